The third-order valence-electron chi connectivity index (χ3n) is 5.25. The molecule has 6 nitrogen and oxygen atoms in total. The second kappa shape index (κ2) is 7.42. The Labute approximate surface area is 169 Å². The maximum absolute atomic E-state index is 13.0. The molecular formula is C19H20F3N3O3S. The van der Waals surface area contributed by atoms with E-state index in [1.807, 2.05) is 4.90 Å². The van der Waals surface area contributed by atoms with Crippen molar-refractivity contribution in [3.63, 3.8) is 0 Å². The largest absolute Gasteiger partial charge is 0.506 e. The van der Waals surface area contributed by atoms with E-state index in [9.17, 15) is 27.9 Å². The third kappa shape index (κ3) is 3.86. The number of hydrogen-bond acceptors (Lipinski definition) is 7. The molecule has 0 spiro atoms. The molecular weight excluding hydrogens is 407 g/mol. The zero-order chi connectivity index (χ0) is 21.6. The molecule has 3 heterocycles. The van der Waals surface area contributed by atoms with Crippen molar-refractivity contribution in [1.82, 2.24) is 9.88 Å². The van der Waals surface area contributed by atoms with Gasteiger partial charge in [-0.15, -0.1) is 11.3 Å². The SMILES string of the molecule is Cc1nccc(CN2CN(c3cc(C(F)(F)F)cs3)C(C(=O)C=O)C2(C)C)c1O. The number of aromatic hydroxyl groups is 1. The highest BCUT2D eigenvalue weighted by Crippen LogP contribution is 2.42. The van der Waals surface area contributed by atoms with Gasteiger partial charge in [0.25, 0.3) is 0 Å². The van der Waals surface area contributed by atoms with Crippen LogP contribution in [-0.4, -0.2) is 45.3 Å². The zero-order valence-electron chi connectivity index (χ0n) is 16.0. The average molecular weight is 427 g/mol. The smallest absolute Gasteiger partial charge is 0.417 e. The number of aromatic nitrogens is 1. The number of hydrogen-bond donors (Lipinski definition) is 1. The van der Waals surface area contributed by atoms with Crippen molar-refractivity contribution < 1.29 is 27.9 Å². The maximum atomic E-state index is 13.0. The molecule has 0 aliphatic carbocycles. The minimum absolute atomic E-state index is 0.0236. The van der Waals surface area contributed by atoms with Crippen LogP contribution in [0.2, 0.25) is 0 Å². The Kier molecular flexibility index (Phi) is 5.44. The molecule has 2 aromatic heterocycles. The van der Waals surface area contributed by atoms with Crippen LogP contribution in [0.15, 0.2) is 23.7 Å². The van der Waals surface area contributed by atoms with Crippen molar-refractivity contribution in [3.05, 3.63) is 40.5 Å². The van der Waals surface area contributed by atoms with Gasteiger partial charge in [-0.25, -0.2) is 0 Å². The summed E-state index contributed by atoms with van der Waals surface area (Å²) >= 11 is 0.872. The van der Waals surface area contributed by atoms with Gasteiger partial charge in [0, 0.05) is 29.2 Å². The third-order valence-corrected chi connectivity index (χ3v) is 6.22. The molecule has 10 heteroatoms. The van der Waals surface area contributed by atoms with E-state index >= 15 is 0 Å². The van der Waals surface area contributed by atoms with Gasteiger partial charge in [0.1, 0.15) is 11.8 Å². The summed E-state index contributed by atoms with van der Waals surface area (Å²) in [6, 6.07) is 1.68. The van der Waals surface area contributed by atoms with Crippen LogP contribution in [0.25, 0.3) is 0 Å². The van der Waals surface area contributed by atoms with E-state index in [1.54, 1.807) is 33.0 Å². The van der Waals surface area contributed by atoms with Crippen LogP contribution in [0.4, 0.5) is 18.2 Å². The van der Waals surface area contributed by atoms with Crippen molar-refractivity contribution in [3.8, 4) is 5.75 Å². The zero-order valence-corrected chi connectivity index (χ0v) is 16.8. The Bertz CT molecular complexity index is 942. The van der Waals surface area contributed by atoms with Gasteiger partial charge < -0.3 is 10.0 Å². The number of carbonyl (C=O) groups is 2. The number of halogens is 3. The molecule has 1 atom stereocenters. The van der Waals surface area contributed by atoms with E-state index in [0.29, 0.717) is 11.3 Å². The number of carbonyl (C=O) groups excluding carboxylic acids is 2. The summed E-state index contributed by atoms with van der Waals surface area (Å²) in [6.07, 6.45) is -2.74. The highest BCUT2D eigenvalue weighted by Gasteiger charge is 2.50. The molecule has 29 heavy (non-hydrogen) atoms. The van der Waals surface area contributed by atoms with Gasteiger partial charge in [-0.3, -0.25) is 19.5 Å². The lowest BCUT2D eigenvalue weighted by Crippen LogP contribution is -2.51. The van der Waals surface area contributed by atoms with Gasteiger partial charge >= 0.3 is 6.18 Å². The summed E-state index contributed by atoms with van der Waals surface area (Å²) in [5.41, 5.74) is -0.644. The number of nitrogens with zero attached hydrogens (tertiary/aromatic N) is 3. The molecule has 1 N–H and O–H groups in total. The molecule has 1 aliphatic rings. The van der Waals surface area contributed by atoms with Crippen molar-refractivity contribution >= 4 is 28.4 Å². The summed E-state index contributed by atoms with van der Waals surface area (Å²) in [5.74, 6) is -0.690. The lowest BCUT2D eigenvalue weighted by Gasteiger charge is -2.34. The van der Waals surface area contributed by atoms with Gasteiger partial charge in [0.15, 0.2) is 6.29 Å². The number of anilines is 1. The Morgan fingerprint density at radius 2 is 2.14 bits per heavy atom. The number of aryl methyl sites for hydroxylation is 1. The predicted molar refractivity (Wildman–Crippen MR) is 102 cm³/mol. The van der Waals surface area contributed by atoms with Crippen LogP contribution in [-0.2, 0) is 22.3 Å². The second-order valence-corrected chi connectivity index (χ2v) is 8.35. The lowest BCUT2D eigenvalue weighted by atomic mass is 9.91. The number of alkyl halides is 3. The minimum atomic E-state index is -4.49. The van der Waals surface area contributed by atoms with Gasteiger partial charge in [0.05, 0.1) is 22.9 Å². The molecule has 2 aromatic rings. The number of aldehydes is 1. The molecule has 0 radical (unpaired) electrons. The van der Waals surface area contributed by atoms with Crippen molar-refractivity contribution in [1.29, 1.82) is 0 Å². The molecule has 156 valence electrons. The number of Topliss-reactive ketones (excluding diaryl/α,β-unsaturated/α-hetero) is 1. The molecule has 1 fully saturated rings. The van der Waals surface area contributed by atoms with Gasteiger partial charge in [0.2, 0.25) is 5.78 Å². The summed E-state index contributed by atoms with van der Waals surface area (Å²) < 4.78 is 39.1. The Morgan fingerprint density at radius 1 is 1.45 bits per heavy atom. The van der Waals surface area contributed by atoms with Crippen molar-refractivity contribution in [2.24, 2.45) is 0 Å². The number of pyridine rings is 1. The summed E-state index contributed by atoms with van der Waals surface area (Å²) in [7, 11) is 0. The standard InChI is InChI=1S/C19H20F3N3O3S/c1-11-16(28)12(4-5-23-11)7-24-10-25(17(14(27)8-26)18(24,2)3)15-6-13(9-29-15)19(20,21)22/h4-6,8-9,17,28H,7,10H2,1-3H3. The summed E-state index contributed by atoms with van der Waals surface area (Å²) in [5, 5.41) is 11.5. The van der Waals surface area contributed by atoms with Crippen LogP contribution < -0.4 is 4.90 Å². The van der Waals surface area contributed by atoms with E-state index in [2.05, 4.69) is 4.98 Å². The van der Waals surface area contributed by atoms with E-state index in [4.69, 9.17) is 0 Å². The van der Waals surface area contributed by atoms with Gasteiger partial charge in [-0.05, 0) is 32.9 Å². The molecule has 0 saturated carbocycles. The fourth-order valence-corrected chi connectivity index (χ4v) is 4.53. The average Bonchev–Trinajstić information content (AvgIpc) is 3.22. The van der Waals surface area contributed by atoms with Crippen LogP contribution in [0.3, 0.4) is 0 Å². The lowest BCUT2D eigenvalue weighted by molar-refractivity contribution is -0.137. The normalized spacial score (nSPS) is 19.5. The molecule has 1 unspecified atom stereocenters. The molecule has 1 saturated heterocycles. The second-order valence-electron chi connectivity index (χ2n) is 7.46. The Hall–Kier alpha value is -2.46. The highest BCUT2D eigenvalue weighted by molar-refractivity contribution is 7.14. The van der Waals surface area contributed by atoms with E-state index in [-0.39, 0.29) is 30.3 Å². The van der Waals surface area contributed by atoms with E-state index < -0.39 is 29.1 Å². The van der Waals surface area contributed by atoms with Gasteiger partial charge in [-0.2, -0.15) is 13.2 Å². The molecule has 3 rings (SSSR count). The van der Waals surface area contributed by atoms with Crippen LogP contribution in [0.1, 0.15) is 30.7 Å². The Balaban J connectivity index is 1.98. The van der Waals surface area contributed by atoms with Gasteiger partial charge in [-0.1, -0.05) is 0 Å². The topological polar surface area (TPSA) is 73.7 Å². The Morgan fingerprint density at radius 3 is 2.72 bits per heavy atom. The molecule has 0 amide bonds. The van der Waals surface area contributed by atoms with Crippen molar-refractivity contribution in [2.75, 3.05) is 11.6 Å². The summed E-state index contributed by atoms with van der Waals surface area (Å²) in [4.78, 5) is 31.1. The highest BCUT2D eigenvalue weighted by atomic mass is 32.1. The minimum Gasteiger partial charge on any atom is -0.506 e. The quantitative estimate of drug-likeness (QED) is 0.583. The number of thiophene rings is 1. The van der Waals surface area contributed by atoms with Crippen LogP contribution in [0.5, 0.6) is 5.75 Å². The molecule has 0 aromatic carbocycles. The van der Waals surface area contributed by atoms with E-state index in [1.165, 1.54) is 4.90 Å². The molecule has 0 bridgehead atoms. The first-order valence-corrected chi connectivity index (χ1v) is 9.64. The van der Waals surface area contributed by atoms with Crippen LogP contribution >= 0.6 is 11.3 Å². The fourth-order valence-electron chi connectivity index (χ4n) is 3.59. The van der Waals surface area contributed by atoms with Crippen LogP contribution in [0, 0.1) is 6.92 Å². The number of rotatable bonds is 5. The number of ketones is 1. The predicted octanol–water partition coefficient (Wildman–Crippen LogP) is 3.37. The monoisotopic (exact) mass is 427 g/mol. The maximum Gasteiger partial charge on any atom is 0.417 e. The van der Waals surface area contributed by atoms with E-state index in [0.717, 1.165) is 22.8 Å². The first-order valence-electron chi connectivity index (χ1n) is 8.76. The first-order chi connectivity index (χ1) is 13.5. The fraction of sp³-hybridized carbons (Fsp3) is 0.421. The van der Waals surface area contributed by atoms with Crippen molar-refractivity contribution in [2.45, 2.75) is 45.1 Å². The summed E-state index contributed by atoms with van der Waals surface area (Å²) in [6.45, 7) is 5.52. The first kappa shape index (κ1) is 21.3. The molecule has 1 aliphatic heterocycles.